The van der Waals surface area contributed by atoms with Crippen LogP contribution in [0.3, 0.4) is 0 Å². The van der Waals surface area contributed by atoms with Gasteiger partial charge in [0.2, 0.25) is 0 Å². The predicted molar refractivity (Wildman–Crippen MR) is 111 cm³/mol. The fourth-order valence-corrected chi connectivity index (χ4v) is 4.04. The van der Waals surface area contributed by atoms with E-state index in [1.807, 2.05) is 6.07 Å². The molecule has 0 aliphatic carbocycles. The third-order valence-corrected chi connectivity index (χ3v) is 5.63. The van der Waals surface area contributed by atoms with Crippen molar-refractivity contribution in [3.05, 3.63) is 65.6 Å². The minimum atomic E-state index is -0.373. The van der Waals surface area contributed by atoms with Crippen molar-refractivity contribution in [3.63, 3.8) is 0 Å². The average molecular weight is 379 g/mol. The second-order valence-corrected chi connectivity index (χ2v) is 7.92. The van der Waals surface area contributed by atoms with Gasteiger partial charge in [0, 0.05) is 29.2 Å². The fraction of sp³-hybridized carbons (Fsp3) is 0.348. The van der Waals surface area contributed by atoms with Crippen molar-refractivity contribution in [2.45, 2.75) is 38.6 Å². The molecule has 1 atom stereocenters. The van der Waals surface area contributed by atoms with Gasteiger partial charge in [-0.1, -0.05) is 12.1 Å². The molecule has 5 heteroatoms. The highest BCUT2D eigenvalue weighted by Crippen LogP contribution is 2.30. The lowest BCUT2D eigenvalue weighted by Gasteiger charge is -2.35. The summed E-state index contributed by atoms with van der Waals surface area (Å²) in [6.07, 6.45) is 2.42. The number of carbonyl (C=O) groups is 1. The van der Waals surface area contributed by atoms with Crippen LogP contribution >= 0.6 is 0 Å². The molecule has 0 saturated carbocycles. The zero-order chi connectivity index (χ0) is 19.7. The van der Waals surface area contributed by atoms with Crippen molar-refractivity contribution in [3.8, 4) is 0 Å². The van der Waals surface area contributed by atoms with Crippen molar-refractivity contribution in [1.29, 1.82) is 0 Å². The summed E-state index contributed by atoms with van der Waals surface area (Å²) in [5.41, 5.74) is 3.18. The Kier molecular flexibility index (Phi) is 5.18. The van der Waals surface area contributed by atoms with E-state index in [0.29, 0.717) is 23.3 Å². The number of piperidine rings is 1. The number of benzene rings is 2. The largest absolute Gasteiger partial charge is 0.351 e. The Morgan fingerprint density at radius 2 is 2.07 bits per heavy atom. The lowest BCUT2D eigenvalue weighted by Crippen LogP contribution is -2.39. The van der Waals surface area contributed by atoms with E-state index in [2.05, 4.69) is 47.2 Å². The van der Waals surface area contributed by atoms with E-state index < -0.39 is 0 Å². The average Bonchev–Trinajstić information content (AvgIpc) is 3.11. The number of nitrogens with zero attached hydrogens (tertiary/aromatic N) is 1. The molecule has 0 radical (unpaired) electrons. The van der Waals surface area contributed by atoms with E-state index >= 15 is 0 Å². The molecule has 28 heavy (non-hydrogen) atoms. The summed E-state index contributed by atoms with van der Waals surface area (Å²) >= 11 is 0. The van der Waals surface area contributed by atoms with E-state index in [1.165, 1.54) is 37.1 Å². The number of H-pyrrole nitrogens is 1. The maximum Gasteiger partial charge on any atom is 0.272 e. The van der Waals surface area contributed by atoms with Gasteiger partial charge in [-0.25, -0.2) is 4.39 Å². The number of hydrogen-bond donors (Lipinski definition) is 2. The molecule has 4 rings (SSSR count). The van der Waals surface area contributed by atoms with Gasteiger partial charge < -0.3 is 15.2 Å². The second kappa shape index (κ2) is 7.76. The molecular weight excluding hydrogens is 353 g/mol. The monoisotopic (exact) mass is 379 g/mol. The van der Waals surface area contributed by atoms with Gasteiger partial charge in [0.1, 0.15) is 11.5 Å². The zero-order valence-electron chi connectivity index (χ0n) is 16.3. The van der Waals surface area contributed by atoms with E-state index in [-0.39, 0.29) is 11.7 Å². The number of halogens is 1. The van der Waals surface area contributed by atoms with Gasteiger partial charge in [-0.15, -0.1) is 0 Å². The van der Waals surface area contributed by atoms with E-state index in [0.717, 1.165) is 17.4 Å². The first kappa shape index (κ1) is 18.7. The molecule has 1 aromatic heterocycles. The van der Waals surface area contributed by atoms with Crippen LogP contribution in [0.1, 0.15) is 48.7 Å². The SMILES string of the molecule is CC(C)N1CCC[C@H](c2ccc3[nH]c(C(=O)Nc4cccc(F)c4)cc3c2)C1. The lowest BCUT2D eigenvalue weighted by atomic mass is 9.89. The summed E-state index contributed by atoms with van der Waals surface area (Å²) in [7, 11) is 0. The van der Waals surface area contributed by atoms with Gasteiger partial charge in [-0.2, -0.15) is 0 Å². The number of fused-ring (bicyclic) bond motifs is 1. The molecule has 3 aromatic rings. The number of carbonyl (C=O) groups excluding carboxylic acids is 1. The zero-order valence-corrected chi connectivity index (χ0v) is 16.3. The van der Waals surface area contributed by atoms with Gasteiger partial charge in [-0.3, -0.25) is 4.79 Å². The first-order valence-corrected chi connectivity index (χ1v) is 9.93. The van der Waals surface area contributed by atoms with Crippen molar-refractivity contribution in [2.24, 2.45) is 0 Å². The third-order valence-electron chi connectivity index (χ3n) is 5.63. The third kappa shape index (κ3) is 3.94. The summed E-state index contributed by atoms with van der Waals surface area (Å²) in [6, 6.07) is 14.8. The normalized spacial score (nSPS) is 17.9. The molecule has 0 spiro atoms. The van der Waals surface area contributed by atoms with Crippen molar-refractivity contribution < 1.29 is 9.18 Å². The Labute approximate surface area is 164 Å². The number of aromatic nitrogens is 1. The first-order valence-electron chi connectivity index (χ1n) is 9.93. The van der Waals surface area contributed by atoms with Crippen LogP contribution in [-0.2, 0) is 0 Å². The topological polar surface area (TPSA) is 48.1 Å². The van der Waals surface area contributed by atoms with E-state index in [1.54, 1.807) is 12.1 Å². The van der Waals surface area contributed by atoms with E-state index in [9.17, 15) is 9.18 Å². The van der Waals surface area contributed by atoms with Crippen molar-refractivity contribution in [1.82, 2.24) is 9.88 Å². The summed E-state index contributed by atoms with van der Waals surface area (Å²) in [5, 5.41) is 3.77. The van der Waals surface area contributed by atoms with E-state index in [4.69, 9.17) is 0 Å². The van der Waals surface area contributed by atoms with Gasteiger partial charge in [0.25, 0.3) is 5.91 Å². The van der Waals surface area contributed by atoms with Gasteiger partial charge in [0.15, 0.2) is 0 Å². The smallest absolute Gasteiger partial charge is 0.272 e. The maximum atomic E-state index is 13.3. The molecule has 1 fully saturated rings. The molecule has 2 N–H and O–H groups in total. The van der Waals surface area contributed by atoms with Crippen LogP contribution in [0, 0.1) is 5.82 Å². The van der Waals surface area contributed by atoms with Crippen LogP contribution in [0.4, 0.5) is 10.1 Å². The fourth-order valence-electron chi connectivity index (χ4n) is 4.04. The number of aromatic amines is 1. The Bertz CT molecular complexity index is 994. The second-order valence-electron chi connectivity index (χ2n) is 7.92. The highest BCUT2D eigenvalue weighted by atomic mass is 19.1. The maximum absolute atomic E-state index is 13.3. The predicted octanol–water partition coefficient (Wildman–Crippen LogP) is 5.15. The first-order chi connectivity index (χ1) is 13.5. The summed E-state index contributed by atoms with van der Waals surface area (Å²) in [5.74, 6) is -0.117. The molecule has 146 valence electrons. The molecule has 0 bridgehead atoms. The van der Waals surface area contributed by atoms with Crippen LogP contribution in [0.5, 0.6) is 0 Å². The molecule has 2 aromatic carbocycles. The Morgan fingerprint density at radius 3 is 2.86 bits per heavy atom. The molecule has 1 aliphatic rings. The quantitative estimate of drug-likeness (QED) is 0.659. The summed E-state index contributed by atoms with van der Waals surface area (Å²) < 4.78 is 13.3. The molecule has 2 heterocycles. The van der Waals surface area contributed by atoms with Gasteiger partial charge in [0.05, 0.1) is 0 Å². The Hall–Kier alpha value is -2.66. The Morgan fingerprint density at radius 1 is 1.21 bits per heavy atom. The number of anilines is 1. The van der Waals surface area contributed by atoms with Crippen molar-refractivity contribution in [2.75, 3.05) is 18.4 Å². The van der Waals surface area contributed by atoms with Crippen LogP contribution < -0.4 is 5.32 Å². The number of rotatable bonds is 4. The van der Waals surface area contributed by atoms with Gasteiger partial charge in [-0.05, 0) is 81.1 Å². The summed E-state index contributed by atoms with van der Waals surface area (Å²) in [6.45, 7) is 6.76. The highest BCUT2D eigenvalue weighted by molar-refractivity contribution is 6.06. The number of nitrogens with one attached hydrogen (secondary N) is 2. The highest BCUT2D eigenvalue weighted by Gasteiger charge is 2.23. The molecule has 1 amide bonds. The number of hydrogen-bond acceptors (Lipinski definition) is 2. The van der Waals surface area contributed by atoms with Crippen LogP contribution in [0.2, 0.25) is 0 Å². The van der Waals surface area contributed by atoms with Crippen LogP contribution in [0.25, 0.3) is 10.9 Å². The lowest BCUT2D eigenvalue weighted by molar-refractivity contribution is 0.102. The summed E-state index contributed by atoms with van der Waals surface area (Å²) in [4.78, 5) is 18.2. The van der Waals surface area contributed by atoms with Gasteiger partial charge >= 0.3 is 0 Å². The number of likely N-dealkylation sites (tertiary alicyclic amines) is 1. The van der Waals surface area contributed by atoms with Crippen LogP contribution in [0.15, 0.2) is 48.5 Å². The molecule has 0 unspecified atom stereocenters. The standard InChI is InChI=1S/C23H26FN3O/c1-15(2)27-10-4-5-17(14-27)16-8-9-21-18(11-16)12-22(26-21)23(28)25-20-7-3-6-19(24)13-20/h3,6-9,11-13,15,17,26H,4-5,10,14H2,1-2H3,(H,25,28)/t17-/m0/s1. The minimum absolute atomic E-state index is 0.271. The minimum Gasteiger partial charge on any atom is -0.351 e. The molecule has 1 aliphatic heterocycles. The Balaban J connectivity index is 1.54. The van der Waals surface area contributed by atoms with Crippen LogP contribution in [-0.4, -0.2) is 34.9 Å². The molecule has 1 saturated heterocycles. The molecular formula is C23H26FN3O. The van der Waals surface area contributed by atoms with Crippen molar-refractivity contribution >= 4 is 22.5 Å². The molecule has 4 nitrogen and oxygen atoms in total. The number of amides is 1.